The zero-order chi connectivity index (χ0) is 13.9. The predicted octanol–water partition coefficient (Wildman–Crippen LogP) is 5.10. The van der Waals surface area contributed by atoms with E-state index in [-0.39, 0.29) is 0 Å². The molecule has 2 nitrogen and oxygen atoms in total. The van der Waals surface area contributed by atoms with Gasteiger partial charge in [0, 0.05) is 23.2 Å². The summed E-state index contributed by atoms with van der Waals surface area (Å²) >= 11 is 1.46. The number of nitrogens with zero attached hydrogens (tertiary/aromatic N) is 2. The molecule has 0 aliphatic heterocycles. The van der Waals surface area contributed by atoms with Gasteiger partial charge in [-0.25, -0.2) is 0 Å². The smallest absolute Gasteiger partial charge is 0.0964 e. The molecule has 0 fully saturated rings. The summed E-state index contributed by atoms with van der Waals surface area (Å²) in [4.78, 5) is 12.9. The van der Waals surface area contributed by atoms with Crippen molar-refractivity contribution in [2.24, 2.45) is 0 Å². The molecule has 1 aromatic carbocycles. The van der Waals surface area contributed by atoms with Crippen LogP contribution >= 0.6 is 21.6 Å². The maximum atomic E-state index is 5.66. The molecule has 0 spiro atoms. The average Bonchev–Trinajstić information content (AvgIpc) is 2.37. The summed E-state index contributed by atoms with van der Waals surface area (Å²) in [6.07, 6.45) is 3.60. The number of benzene rings is 1. The van der Waals surface area contributed by atoms with E-state index in [1.165, 1.54) is 0 Å². The first-order valence-electron chi connectivity index (χ1n) is 5.91. The largest absolute Gasteiger partial charge is 0.254 e. The van der Waals surface area contributed by atoms with Crippen molar-refractivity contribution in [1.82, 2.24) is 9.97 Å². The summed E-state index contributed by atoms with van der Waals surface area (Å²) < 4.78 is 0. The Morgan fingerprint density at radius 3 is 1.63 bits per heavy atom. The van der Waals surface area contributed by atoms with E-state index in [0.29, 0.717) is 0 Å². The fourth-order valence-electron chi connectivity index (χ4n) is 1.68. The molecule has 0 bridgehead atoms. The molecule has 0 amide bonds. The second-order valence-electron chi connectivity index (χ2n) is 4.54. The Morgan fingerprint density at radius 2 is 1.26 bits per heavy atom. The number of aromatic nitrogens is 2. The van der Waals surface area contributed by atoms with Crippen LogP contribution in [0.25, 0.3) is 21.8 Å². The van der Waals surface area contributed by atoms with Gasteiger partial charge in [0.15, 0.2) is 0 Å². The van der Waals surface area contributed by atoms with Gasteiger partial charge in [-0.2, -0.15) is 0 Å². The second-order valence-corrected chi connectivity index (χ2v) is 34.8. The summed E-state index contributed by atoms with van der Waals surface area (Å²) in [6.45, 7) is 0. The molecule has 3 aromatic rings. The van der Waals surface area contributed by atoms with Gasteiger partial charge in [0.05, 0.1) is 11.0 Å². The maximum Gasteiger partial charge on any atom is 0.0964 e. The number of hydrogen-bond acceptors (Lipinski definition) is 2. The Morgan fingerprint density at radius 1 is 0.895 bits per heavy atom. The van der Waals surface area contributed by atoms with Crippen LogP contribution in [-0.4, -0.2) is 25.0 Å². The van der Waals surface area contributed by atoms with Gasteiger partial charge in [-0.3, -0.25) is 9.97 Å². The van der Waals surface area contributed by atoms with E-state index in [4.69, 9.17) is 8.92 Å². The summed E-state index contributed by atoms with van der Waals surface area (Å²) in [6, 6.07) is 12.1. The average molecular weight is 444 g/mol. The molecule has 0 aliphatic carbocycles. The fourth-order valence-corrected chi connectivity index (χ4v) is 1.68. The van der Waals surface area contributed by atoms with Crippen molar-refractivity contribution >= 4 is 58.5 Å². The number of fused-ring (bicyclic) bond motifs is 3. The zero-order valence-corrected chi connectivity index (χ0v) is 16.0. The molecule has 0 unspecified atom stereocenters. The van der Waals surface area contributed by atoms with Gasteiger partial charge >= 0.3 is 46.5 Å². The second kappa shape index (κ2) is 6.37. The van der Waals surface area contributed by atoms with Crippen molar-refractivity contribution in [3.05, 3.63) is 48.8 Å². The molecule has 0 radical (unpaired) electrons. The minimum absolute atomic E-state index is 0.977. The molecular formula is C14H14BrClN2Sn. The van der Waals surface area contributed by atoms with E-state index in [0.717, 1.165) is 21.8 Å². The van der Waals surface area contributed by atoms with Crippen molar-refractivity contribution in [2.75, 3.05) is 0 Å². The number of halogens is 2. The molecule has 98 valence electrons. The molecule has 0 saturated carbocycles. The molecule has 5 heteroatoms. The predicted molar refractivity (Wildman–Crippen MR) is 89.3 cm³/mol. The third-order valence-electron chi connectivity index (χ3n) is 2.34. The topological polar surface area (TPSA) is 25.8 Å². The maximum absolute atomic E-state index is 5.66. The summed E-state index contributed by atoms with van der Waals surface area (Å²) in [5.41, 5.74) is 1.95. The summed E-state index contributed by atoms with van der Waals surface area (Å²) in [5, 5.41) is 2.28. The van der Waals surface area contributed by atoms with Crippen molar-refractivity contribution in [2.45, 2.75) is 9.88 Å². The number of pyridine rings is 2. The van der Waals surface area contributed by atoms with Crippen LogP contribution in [-0.2, 0) is 0 Å². The van der Waals surface area contributed by atoms with Crippen LogP contribution in [0.5, 0.6) is 0 Å². The van der Waals surface area contributed by atoms with Crippen LogP contribution in [0.1, 0.15) is 0 Å². The Hall–Kier alpha value is -0.391. The first-order valence-corrected chi connectivity index (χ1v) is 21.6. The Kier molecular flexibility index (Phi) is 5.03. The monoisotopic (exact) mass is 444 g/mol. The minimum Gasteiger partial charge on any atom is -0.254 e. The van der Waals surface area contributed by atoms with Gasteiger partial charge in [0.1, 0.15) is 0 Å². The van der Waals surface area contributed by atoms with E-state index in [1.807, 2.05) is 12.1 Å². The molecule has 0 aliphatic rings. The number of rotatable bonds is 0. The van der Waals surface area contributed by atoms with E-state index < -0.39 is 15.0 Å². The first-order chi connectivity index (χ1) is 8.95. The normalized spacial score (nSPS) is 11.2. The third-order valence-corrected chi connectivity index (χ3v) is 2.34. The Balaban J connectivity index is 0.000000232. The SMILES string of the molecule is [CH3][Sn]([CH3])([Cl])[Br].c1cnc2c(c1)ccc1cccnc12. The van der Waals surface area contributed by atoms with E-state index in [1.54, 1.807) is 12.4 Å². The molecule has 0 atom stereocenters. The fraction of sp³-hybridized carbons (Fsp3) is 0.143. The van der Waals surface area contributed by atoms with E-state index in [9.17, 15) is 0 Å². The summed E-state index contributed by atoms with van der Waals surface area (Å²) in [7, 11) is 5.66. The molecule has 0 saturated heterocycles. The van der Waals surface area contributed by atoms with Gasteiger partial charge in [-0.15, -0.1) is 0 Å². The van der Waals surface area contributed by atoms with Crippen molar-refractivity contribution in [1.29, 1.82) is 0 Å². The Labute approximate surface area is 126 Å². The van der Waals surface area contributed by atoms with Crippen LogP contribution in [0.2, 0.25) is 9.88 Å². The molecule has 19 heavy (non-hydrogen) atoms. The quantitative estimate of drug-likeness (QED) is 0.356. The van der Waals surface area contributed by atoms with Crippen LogP contribution < -0.4 is 0 Å². The molecule has 2 heterocycles. The van der Waals surface area contributed by atoms with Crippen molar-refractivity contribution in [3.63, 3.8) is 0 Å². The number of hydrogen-bond donors (Lipinski definition) is 0. The van der Waals surface area contributed by atoms with E-state index in [2.05, 4.69) is 56.8 Å². The van der Waals surface area contributed by atoms with Crippen molar-refractivity contribution < 1.29 is 0 Å². The van der Waals surface area contributed by atoms with Gasteiger partial charge in [-0.1, -0.05) is 24.3 Å². The van der Waals surface area contributed by atoms with Gasteiger partial charge < -0.3 is 0 Å². The Bertz CT molecular complexity index is 637. The van der Waals surface area contributed by atoms with Crippen LogP contribution in [0.15, 0.2) is 48.8 Å². The van der Waals surface area contributed by atoms with Gasteiger partial charge in [0.2, 0.25) is 0 Å². The first kappa shape index (κ1) is 15.0. The van der Waals surface area contributed by atoms with Gasteiger partial charge in [0.25, 0.3) is 0 Å². The molecular weight excluding hydrogens is 430 g/mol. The minimum atomic E-state index is -1.90. The third kappa shape index (κ3) is 4.58. The van der Waals surface area contributed by atoms with Gasteiger partial charge in [-0.05, 0) is 12.1 Å². The molecule has 0 N–H and O–H groups in total. The van der Waals surface area contributed by atoms with E-state index >= 15 is 0 Å². The van der Waals surface area contributed by atoms with Crippen molar-refractivity contribution in [3.8, 4) is 0 Å². The van der Waals surface area contributed by atoms with Crippen LogP contribution in [0, 0.1) is 0 Å². The molecule has 2 aromatic heterocycles. The summed E-state index contributed by atoms with van der Waals surface area (Å²) in [5.74, 6) is 0. The van der Waals surface area contributed by atoms with Crippen LogP contribution in [0.3, 0.4) is 0 Å². The zero-order valence-electron chi connectivity index (χ0n) is 10.8. The van der Waals surface area contributed by atoms with Crippen LogP contribution in [0.4, 0.5) is 0 Å². The standard InChI is InChI=1S/C12H8N2.2CH3.BrH.ClH.Sn/c1-3-9-5-6-10-4-2-8-14-12(10)11(9)13-7-1;;;;;/h1-8H;2*1H3;2*1H;/q;;;;;+2/p-2. The molecule has 3 rings (SSSR count).